The first-order chi connectivity index (χ1) is 9.33. The fraction of sp³-hybridized carbons (Fsp3) is 0. The first-order valence-corrected chi connectivity index (χ1v) is 6.90. The summed E-state index contributed by atoms with van der Waals surface area (Å²) in [5, 5.41) is 2.45. The Balaban J connectivity index is 1.95. The molecule has 0 radical (unpaired) electrons. The van der Waals surface area contributed by atoms with Gasteiger partial charge in [0.2, 0.25) is 0 Å². The molecule has 19 heavy (non-hydrogen) atoms. The fourth-order valence-electron chi connectivity index (χ4n) is 1.98. The quantitative estimate of drug-likeness (QED) is 0.566. The van der Waals surface area contributed by atoms with Crippen molar-refractivity contribution in [2.24, 2.45) is 4.99 Å². The number of fused-ring (bicyclic) bond motifs is 1. The average molecular weight is 310 g/mol. The van der Waals surface area contributed by atoms with E-state index in [9.17, 15) is 0 Å². The van der Waals surface area contributed by atoms with Gasteiger partial charge < -0.3 is 0 Å². The van der Waals surface area contributed by atoms with Crippen LogP contribution < -0.4 is 0 Å². The molecule has 0 fully saturated rings. The molecule has 0 aliphatic carbocycles. The van der Waals surface area contributed by atoms with E-state index >= 15 is 0 Å². The molecule has 3 aromatic carbocycles. The molecule has 2 heteroatoms. The van der Waals surface area contributed by atoms with Gasteiger partial charge in [0.15, 0.2) is 0 Å². The first kappa shape index (κ1) is 12.1. The molecule has 0 unspecified atom stereocenters. The van der Waals surface area contributed by atoms with Crippen molar-refractivity contribution in [1.82, 2.24) is 0 Å². The van der Waals surface area contributed by atoms with E-state index in [1.165, 1.54) is 10.8 Å². The average Bonchev–Trinajstić information content (AvgIpc) is 2.46. The van der Waals surface area contributed by atoms with Gasteiger partial charge in [0.05, 0.1) is 5.69 Å². The van der Waals surface area contributed by atoms with E-state index in [1.807, 2.05) is 48.7 Å². The minimum atomic E-state index is 0.967. The molecule has 0 N–H and O–H groups in total. The lowest BCUT2D eigenvalue weighted by Crippen LogP contribution is -1.81. The smallest absolute Gasteiger partial charge is 0.0636 e. The highest BCUT2D eigenvalue weighted by molar-refractivity contribution is 9.10. The number of benzene rings is 3. The lowest BCUT2D eigenvalue weighted by molar-refractivity contribution is 1.53. The Labute approximate surface area is 120 Å². The van der Waals surface area contributed by atoms with Gasteiger partial charge >= 0.3 is 0 Å². The largest absolute Gasteiger partial charge is 0.256 e. The van der Waals surface area contributed by atoms with Crippen LogP contribution in [0.5, 0.6) is 0 Å². The first-order valence-electron chi connectivity index (χ1n) is 6.10. The standard InChI is InChI=1S/C17H12BrN/c18-17-8-4-3-7-15(17)12-19-16-10-9-13-5-1-2-6-14(13)11-16/h1-12H. The van der Waals surface area contributed by atoms with Crippen LogP contribution in [0.1, 0.15) is 5.56 Å². The minimum absolute atomic E-state index is 0.967. The number of rotatable bonds is 2. The maximum atomic E-state index is 4.53. The zero-order chi connectivity index (χ0) is 13.1. The van der Waals surface area contributed by atoms with Gasteiger partial charge in [0, 0.05) is 16.3 Å². The number of halogens is 1. The van der Waals surface area contributed by atoms with Crippen molar-refractivity contribution in [2.75, 3.05) is 0 Å². The number of aliphatic imine (C=N–C) groups is 1. The number of hydrogen-bond acceptors (Lipinski definition) is 1. The third-order valence-electron chi connectivity index (χ3n) is 2.99. The third-order valence-corrected chi connectivity index (χ3v) is 3.71. The number of hydrogen-bond donors (Lipinski definition) is 0. The zero-order valence-electron chi connectivity index (χ0n) is 10.3. The molecule has 3 rings (SSSR count). The van der Waals surface area contributed by atoms with Crippen LogP contribution in [0.3, 0.4) is 0 Å². The van der Waals surface area contributed by atoms with Gasteiger partial charge in [-0.2, -0.15) is 0 Å². The molecule has 0 atom stereocenters. The van der Waals surface area contributed by atoms with Crippen LogP contribution >= 0.6 is 15.9 Å². The zero-order valence-corrected chi connectivity index (χ0v) is 11.8. The molecule has 0 aromatic heterocycles. The van der Waals surface area contributed by atoms with Crippen LogP contribution in [0.15, 0.2) is 76.2 Å². The Bertz CT molecular complexity index is 747. The van der Waals surface area contributed by atoms with Crippen molar-refractivity contribution in [3.8, 4) is 0 Å². The Morgan fingerprint density at radius 1 is 0.789 bits per heavy atom. The Morgan fingerprint density at radius 3 is 2.37 bits per heavy atom. The molecular formula is C17H12BrN. The Hall–Kier alpha value is -1.93. The fourth-order valence-corrected chi connectivity index (χ4v) is 2.37. The summed E-state index contributed by atoms with van der Waals surface area (Å²) in [5.41, 5.74) is 2.05. The van der Waals surface area contributed by atoms with E-state index in [-0.39, 0.29) is 0 Å². The summed E-state index contributed by atoms with van der Waals surface area (Å²) in [6.07, 6.45) is 1.88. The van der Waals surface area contributed by atoms with Crippen molar-refractivity contribution in [3.05, 3.63) is 76.8 Å². The highest BCUT2D eigenvalue weighted by Crippen LogP contribution is 2.21. The summed E-state index contributed by atoms with van der Waals surface area (Å²) in [4.78, 5) is 4.53. The SMILES string of the molecule is Brc1ccccc1C=Nc1ccc2ccccc2c1. The summed E-state index contributed by atoms with van der Waals surface area (Å²) in [6, 6.07) is 22.6. The van der Waals surface area contributed by atoms with E-state index < -0.39 is 0 Å². The monoisotopic (exact) mass is 309 g/mol. The van der Waals surface area contributed by atoms with Crippen molar-refractivity contribution >= 4 is 38.6 Å². The minimum Gasteiger partial charge on any atom is -0.256 e. The molecule has 0 aliphatic heterocycles. The summed E-state index contributed by atoms with van der Waals surface area (Å²) < 4.78 is 1.06. The van der Waals surface area contributed by atoms with Crippen LogP contribution in [-0.2, 0) is 0 Å². The van der Waals surface area contributed by atoms with Gasteiger partial charge in [0.1, 0.15) is 0 Å². The van der Waals surface area contributed by atoms with Crippen molar-refractivity contribution in [3.63, 3.8) is 0 Å². The second-order valence-corrected chi connectivity index (χ2v) is 5.17. The molecule has 0 bridgehead atoms. The predicted molar refractivity (Wildman–Crippen MR) is 85.3 cm³/mol. The topological polar surface area (TPSA) is 12.4 Å². The normalized spacial score (nSPS) is 11.2. The molecule has 3 aromatic rings. The highest BCUT2D eigenvalue weighted by Gasteiger charge is 1.96. The van der Waals surface area contributed by atoms with Gasteiger partial charge in [0.25, 0.3) is 0 Å². The van der Waals surface area contributed by atoms with Crippen molar-refractivity contribution in [1.29, 1.82) is 0 Å². The van der Waals surface area contributed by atoms with Crippen molar-refractivity contribution in [2.45, 2.75) is 0 Å². The maximum absolute atomic E-state index is 4.53. The maximum Gasteiger partial charge on any atom is 0.0636 e. The summed E-state index contributed by atoms with van der Waals surface area (Å²) in [5.74, 6) is 0. The second-order valence-electron chi connectivity index (χ2n) is 4.31. The van der Waals surface area contributed by atoms with E-state index in [0.717, 1.165) is 15.7 Å². The van der Waals surface area contributed by atoms with Crippen molar-refractivity contribution < 1.29 is 0 Å². The summed E-state index contributed by atoms with van der Waals surface area (Å²) in [7, 11) is 0. The third kappa shape index (κ3) is 2.74. The molecule has 92 valence electrons. The Kier molecular flexibility index (Phi) is 3.43. The van der Waals surface area contributed by atoms with Crippen LogP contribution in [0, 0.1) is 0 Å². The van der Waals surface area contributed by atoms with Crippen LogP contribution in [0.2, 0.25) is 0 Å². The molecule has 0 spiro atoms. The van der Waals surface area contributed by atoms with Crippen LogP contribution in [0.4, 0.5) is 5.69 Å². The van der Waals surface area contributed by atoms with Crippen LogP contribution in [0.25, 0.3) is 10.8 Å². The molecule has 0 amide bonds. The van der Waals surface area contributed by atoms with Gasteiger partial charge in [-0.05, 0) is 29.0 Å². The predicted octanol–water partition coefficient (Wildman–Crippen LogP) is 5.35. The second kappa shape index (κ2) is 5.37. The van der Waals surface area contributed by atoms with Gasteiger partial charge in [-0.3, -0.25) is 4.99 Å². The van der Waals surface area contributed by atoms with E-state index in [4.69, 9.17) is 0 Å². The molecule has 1 nitrogen and oxygen atoms in total. The van der Waals surface area contributed by atoms with Gasteiger partial charge in [-0.25, -0.2) is 0 Å². The summed E-state index contributed by atoms with van der Waals surface area (Å²) in [6.45, 7) is 0. The lowest BCUT2D eigenvalue weighted by Gasteiger charge is -2.00. The van der Waals surface area contributed by atoms with Gasteiger partial charge in [-0.1, -0.05) is 64.5 Å². The van der Waals surface area contributed by atoms with E-state index in [1.54, 1.807) is 0 Å². The van der Waals surface area contributed by atoms with E-state index in [0.29, 0.717) is 0 Å². The van der Waals surface area contributed by atoms with Gasteiger partial charge in [-0.15, -0.1) is 0 Å². The lowest BCUT2D eigenvalue weighted by atomic mass is 10.1. The van der Waals surface area contributed by atoms with Crippen LogP contribution in [-0.4, -0.2) is 6.21 Å². The molecule has 0 heterocycles. The molecule has 0 saturated heterocycles. The Morgan fingerprint density at radius 2 is 1.53 bits per heavy atom. The number of nitrogens with zero attached hydrogens (tertiary/aromatic N) is 1. The van der Waals surface area contributed by atoms with E-state index in [2.05, 4.69) is 45.2 Å². The molecule has 0 aliphatic rings. The highest BCUT2D eigenvalue weighted by atomic mass is 79.9. The molecule has 0 saturated carbocycles. The molecular weight excluding hydrogens is 298 g/mol. The summed E-state index contributed by atoms with van der Waals surface area (Å²) >= 11 is 3.52.